The molecule has 2 atom stereocenters. The predicted octanol–water partition coefficient (Wildman–Crippen LogP) is 3.45. The first-order chi connectivity index (χ1) is 9.08. The highest BCUT2D eigenvalue weighted by molar-refractivity contribution is 9.10. The van der Waals surface area contributed by atoms with Crippen LogP contribution in [-0.2, 0) is 0 Å². The van der Waals surface area contributed by atoms with Gasteiger partial charge in [0.15, 0.2) is 17.7 Å². The number of hydrogen-bond acceptors (Lipinski definition) is 3. The monoisotopic (exact) mass is 324 g/mol. The Kier molecular flexibility index (Phi) is 4.50. The first-order valence-corrected chi connectivity index (χ1v) is 6.65. The molecule has 0 radical (unpaired) electrons. The second-order valence-electron chi connectivity index (χ2n) is 4.23. The highest BCUT2D eigenvalue weighted by Gasteiger charge is 2.21. The maximum Gasteiger partial charge on any atom is 0.165 e. The van der Waals surface area contributed by atoms with Crippen molar-refractivity contribution in [3.63, 3.8) is 0 Å². The van der Waals surface area contributed by atoms with Gasteiger partial charge in [0, 0.05) is 16.7 Å². The molecule has 100 valence electrons. The molecule has 0 amide bonds. The highest BCUT2D eigenvalue weighted by Crippen LogP contribution is 2.28. The summed E-state index contributed by atoms with van der Waals surface area (Å²) in [5.74, 6) is -0.271. The number of nitrogens with two attached hydrogens (primary N) is 1. The standard InChI is InChI=1S/C14H14BrFN2O/c1-9(17)14(12-4-2-3-7-18-12)19-13-8-10(15)5-6-11(13)16/h2-9,14H,17H2,1H3. The average Bonchev–Trinajstić information content (AvgIpc) is 2.40. The molecule has 0 aliphatic carbocycles. The van der Waals surface area contributed by atoms with Gasteiger partial charge >= 0.3 is 0 Å². The molecule has 1 heterocycles. The first kappa shape index (κ1) is 14.0. The molecule has 0 spiro atoms. The number of aromatic nitrogens is 1. The highest BCUT2D eigenvalue weighted by atomic mass is 79.9. The lowest BCUT2D eigenvalue weighted by molar-refractivity contribution is 0.168. The number of halogens is 2. The van der Waals surface area contributed by atoms with E-state index in [9.17, 15) is 4.39 Å². The average molecular weight is 325 g/mol. The van der Waals surface area contributed by atoms with E-state index < -0.39 is 11.9 Å². The van der Waals surface area contributed by atoms with Crippen molar-refractivity contribution >= 4 is 15.9 Å². The van der Waals surface area contributed by atoms with Gasteiger partial charge in [-0.25, -0.2) is 4.39 Å². The van der Waals surface area contributed by atoms with E-state index in [1.54, 1.807) is 31.3 Å². The van der Waals surface area contributed by atoms with Crippen LogP contribution in [0.4, 0.5) is 4.39 Å². The lowest BCUT2D eigenvalue weighted by Gasteiger charge is -2.22. The van der Waals surface area contributed by atoms with Crippen LogP contribution in [0.25, 0.3) is 0 Å². The van der Waals surface area contributed by atoms with Crippen LogP contribution < -0.4 is 10.5 Å². The first-order valence-electron chi connectivity index (χ1n) is 5.86. The molecule has 19 heavy (non-hydrogen) atoms. The van der Waals surface area contributed by atoms with Crippen molar-refractivity contribution in [1.82, 2.24) is 4.98 Å². The Bertz CT molecular complexity index is 548. The third-order valence-electron chi connectivity index (χ3n) is 2.60. The van der Waals surface area contributed by atoms with Crippen LogP contribution >= 0.6 is 15.9 Å². The normalized spacial score (nSPS) is 13.9. The van der Waals surface area contributed by atoms with Gasteiger partial charge in [-0.2, -0.15) is 0 Å². The summed E-state index contributed by atoms with van der Waals surface area (Å²) < 4.78 is 20.1. The van der Waals surface area contributed by atoms with Crippen LogP contribution in [-0.4, -0.2) is 11.0 Å². The Morgan fingerprint density at radius 1 is 1.32 bits per heavy atom. The van der Waals surface area contributed by atoms with E-state index in [4.69, 9.17) is 10.5 Å². The van der Waals surface area contributed by atoms with Gasteiger partial charge in [-0.05, 0) is 37.3 Å². The number of nitrogens with zero attached hydrogens (tertiary/aromatic N) is 1. The number of benzene rings is 1. The molecule has 0 saturated heterocycles. The predicted molar refractivity (Wildman–Crippen MR) is 75.4 cm³/mol. The summed E-state index contributed by atoms with van der Waals surface area (Å²) >= 11 is 3.29. The second-order valence-corrected chi connectivity index (χ2v) is 5.14. The SMILES string of the molecule is CC(N)C(Oc1cc(Br)ccc1F)c1ccccn1. The molecule has 2 aromatic rings. The molecule has 2 rings (SSSR count). The van der Waals surface area contributed by atoms with Crippen molar-refractivity contribution in [1.29, 1.82) is 0 Å². The van der Waals surface area contributed by atoms with E-state index in [2.05, 4.69) is 20.9 Å². The molecule has 1 aromatic heterocycles. The third kappa shape index (κ3) is 3.52. The zero-order valence-electron chi connectivity index (χ0n) is 10.4. The van der Waals surface area contributed by atoms with Crippen LogP contribution in [0.5, 0.6) is 5.75 Å². The van der Waals surface area contributed by atoms with Crippen molar-refractivity contribution in [3.05, 3.63) is 58.6 Å². The smallest absolute Gasteiger partial charge is 0.165 e. The van der Waals surface area contributed by atoms with Gasteiger partial charge in [-0.15, -0.1) is 0 Å². The van der Waals surface area contributed by atoms with Crippen molar-refractivity contribution < 1.29 is 9.13 Å². The van der Waals surface area contributed by atoms with Gasteiger partial charge in [0.25, 0.3) is 0 Å². The maximum absolute atomic E-state index is 13.7. The van der Waals surface area contributed by atoms with Gasteiger partial charge in [0.2, 0.25) is 0 Å². The summed E-state index contributed by atoms with van der Waals surface area (Å²) in [5.41, 5.74) is 6.58. The van der Waals surface area contributed by atoms with Gasteiger partial charge < -0.3 is 10.5 Å². The second kappa shape index (κ2) is 6.12. The molecule has 0 aliphatic rings. The number of pyridine rings is 1. The van der Waals surface area contributed by atoms with Gasteiger partial charge in [0.05, 0.1) is 5.69 Å². The summed E-state index contributed by atoms with van der Waals surface area (Å²) in [4.78, 5) is 4.21. The molecule has 5 heteroatoms. The fourth-order valence-corrected chi connectivity index (χ4v) is 2.03. The molecule has 0 bridgehead atoms. The van der Waals surface area contributed by atoms with Crippen LogP contribution in [0.1, 0.15) is 18.7 Å². The van der Waals surface area contributed by atoms with E-state index >= 15 is 0 Å². The van der Waals surface area contributed by atoms with Crippen molar-refractivity contribution in [3.8, 4) is 5.75 Å². The largest absolute Gasteiger partial charge is 0.479 e. The summed E-state index contributed by atoms with van der Waals surface area (Å²) in [6, 6.07) is 9.69. The Labute approximate surface area is 119 Å². The summed E-state index contributed by atoms with van der Waals surface area (Å²) in [6.07, 6.45) is 1.16. The number of ether oxygens (including phenoxy) is 1. The minimum Gasteiger partial charge on any atom is -0.479 e. The van der Waals surface area contributed by atoms with E-state index in [0.717, 1.165) is 4.47 Å². The van der Waals surface area contributed by atoms with Gasteiger partial charge in [-0.3, -0.25) is 4.98 Å². The molecule has 2 N–H and O–H groups in total. The summed E-state index contributed by atoms with van der Waals surface area (Å²) in [6.45, 7) is 1.80. The van der Waals surface area contributed by atoms with E-state index in [0.29, 0.717) is 5.69 Å². The Balaban J connectivity index is 2.29. The fraction of sp³-hybridized carbons (Fsp3) is 0.214. The Hall–Kier alpha value is -1.46. The van der Waals surface area contributed by atoms with E-state index in [-0.39, 0.29) is 11.8 Å². The van der Waals surface area contributed by atoms with Crippen LogP contribution in [0.3, 0.4) is 0 Å². The fourth-order valence-electron chi connectivity index (χ4n) is 1.69. The number of rotatable bonds is 4. The summed E-state index contributed by atoms with van der Waals surface area (Å²) in [7, 11) is 0. The minimum atomic E-state index is -0.495. The van der Waals surface area contributed by atoms with Crippen LogP contribution in [0, 0.1) is 5.82 Å². The molecular weight excluding hydrogens is 311 g/mol. The Morgan fingerprint density at radius 3 is 2.74 bits per heavy atom. The minimum absolute atomic E-state index is 0.155. The lowest BCUT2D eigenvalue weighted by Crippen LogP contribution is -2.29. The van der Waals surface area contributed by atoms with Crippen molar-refractivity contribution in [2.75, 3.05) is 0 Å². The van der Waals surface area contributed by atoms with E-state index in [1.165, 1.54) is 6.07 Å². The third-order valence-corrected chi connectivity index (χ3v) is 3.10. The van der Waals surface area contributed by atoms with Crippen LogP contribution in [0.15, 0.2) is 47.1 Å². The Morgan fingerprint density at radius 2 is 2.11 bits per heavy atom. The molecule has 0 aliphatic heterocycles. The molecule has 3 nitrogen and oxygen atoms in total. The van der Waals surface area contributed by atoms with Gasteiger partial charge in [0.1, 0.15) is 0 Å². The molecule has 2 unspecified atom stereocenters. The topological polar surface area (TPSA) is 48.1 Å². The van der Waals surface area contributed by atoms with Crippen molar-refractivity contribution in [2.45, 2.75) is 19.1 Å². The molecule has 0 saturated carbocycles. The maximum atomic E-state index is 13.7. The van der Waals surface area contributed by atoms with Gasteiger partial charge in [-0.1, -0.05) is 22.0 Å². The zero-order chi connectivity index (χ0) is 13.8. The van der Waals surface area contributed by atoms with E-state index in [1.807, 2.05) is 12.1 Å². The number of hydrogen-bond donors (Lipinski definition) is 1. The quantitative estimate of drug-likeness (QED) is 0.937. The van der Waals surface area contributed by atoms with Crippen LogP contribution in [0.2, 0.25) is 0 Å². The summed E-state index contributed by atoms with van der Waals surface area (Å²) in [5, 5.41) is 0. The molecule has 1 aromatic carbocycles. The molecule has 0 fully saturated rings. The zero-order valence-corrected chi connectivity index (χ0v) is 12.0. The lowest BCUT2D eigenvalue weighted by atomic mass is 10.1. The van der Waals surface area contributed by atoms with Crippen molar-refractivity contribution in [2.24, 2.45) is 5.73 Å². The molecular formula is C14H14BrFN2O.